The summed E-state index contributed by atoms with van der Waals surface area (Å²) in [4.78, 5) is 13.6. The zero-order valence-corrected chi connectivity index (χ0v) is 22.4. The molecule has 0 unspecified atom stereocenters. The van der Waals surface area contributed by atoms with Crippen LogP contribution in [-0.4, -0.2) is 131 Å². The number of phenols is 4. The molecule has 11 N–H and O–H groups in total. The fourth-order valence-electron chi connectivity index (χ4n) is 5.00. The Bertz CT molecular complexity index is 1550. The Labute approximate surface area is 246 Å². The van der Waals surface area contributed by atoms with Crippen molar-refractivity contribution in [1.82, 2.24) is 0 Å². The van der Waals surface area contributed by atoms with E-state index in [9.17, 15) is 61.0 Å². The van der Waals surface area contributed by atoms with Gasteiger partial charge in [0.05, 0.1) is 13.2 Å². The molecule has 3 aromatic rings. The summed E-state index contributed by atoms with van der Waals surface area (Å²) in [6.07, 6.45) is -17.7. The molecule has 0 radical (unpaired) electrons. The predicted octanol–water partition coefficient (Wildman–Crippen LogP) is -2.71. The van der Waals surface area contributed by atoms with E-state index in [1.165, 1.54) is 6.07 Å². The van der Waals surface area contributed by atoms with Gasteiger partial charge in [-0.1, -0.05) is 0 Å². The Kier molecular flexibility index (Phi) is 8.87. The summed E-state index contributed by atoms with van der Waals surface area (Å²) in [5, 5.41) is 111. The van der Waals surface area contributed by atoms with Gasteiger partial charge in [-0.2, -0.15) is 0 Å². The van der Waals surface area contributed by atoms with Gasteiger partial charge >= 0.3 is 0 Å². The lowest BCUT2D eigenvalue weighted by atomic mass is 9.97. The maximum Gasteiger partial charge on any atom is 0.239 e. The average molecular weight is 627 g/mol. The van der Waals surface area contributed by atoms with Gasteiger partial charge in [0.2, 0.25) is 17.5 Å². The maximum absolute atomic E-state index is 13.6. The third kappa shape index (κ3) is 5.61. The molecule has 5 rings (SSSR count). The molecule has 2 aliphatic rings. The van der Waals surface area contributed by atoms with Crippen LogP contribution in [0.3, 0.4) is 0 Å². The molecule has 17 nitrogen and oxygen atoms in total. The molecule has 0 bridgehead atoms. The van der Waals surface area contributed by atoms with Crippen LogP contribution in [0.1, 0.15) is 0 Å². The van der Waals surface area contributed by atoms with Crippen LogP contribution in [0.2, 0.25) is 0 Å². The van der Waals surface area contributed by atoms with Crippen molar-refractivity contribution in [3.8, 4) is 40.1 Å². The Morgan fingerprint density at radius 1 is 0.705 bits per heavy atom. The minimum atomic E-state index is -2.04. The molecular weight excluding hydrogens is 596 g/mol. The van der Waals surface area contributed by atoms with Crippen molar-refractivity contribution in [3.05, 3.63) is 40.6 Å². The largest absolute Gasteiger partial charge is 0.508 e. The minimum Gasteiger partial charge on any atom is -0.508 e. The second-order valence-electron chi connectivity index (χ2n) is 10.3. The smallest absolute Gasteiger partial charge is 0.239 e. The Balaban J connectivity index is 1.49. The van der Waals surface area contributed by atoms with Gasteiger partial charge in [-0.25, -0.2) is 0 Å². The summed E-state index contributed by atoms with van der Waals surface area (Å²) in [5.41, 5.74) is -1.41. The third-order valence-corrected chi connectivity index (χ3v) is 7.35. The number of phenolic OH excluding ortho intramolecular Hbond substituents is 4. The van der Waals surface area contributed by atoms with Gasteiger partial charge in [-0.15, -0.1) is 0 Å². The number of fused-ring (bicyclic) bond motifs is 1. The van der Waals surface area contributed by atoms with Crippen molar-refractivity contribution in [2.45, 2.75) is 61.4 Å². The number of aliphatic hydroxyl groups is 7. The number of aliphatic hydroxyl groups excluding tert-OH is 7. The first kappa shape index (κ1) is 31.7. The normalized spacial score (nSPS) is 32.5. The lowest BCUT2D eigenvalue weighted by Gasteiger charge is -2.45. The van der Waals surface area contributed by atoms with Crippen molar-refractivity contribution in [3.63, 3.8) is 0 Å². The summed E-state index contributed by atoms with van der Waals surface area (Å²) in [6.45, 7) is -1.67. The molecule has 0 aliphatic carbocycles. The maximum atomic E-state index is 13.6. The van der Waals surface area contributed by atoms with Gasteiger partial charge < -0.3 is 79.5 Å². The number of rotatable bonds is 7. The Morgan fingerprint density at radius 3 is 2.02 bits per heavy atom. The molecule has 2 fully saturated rings. The third-order valence-electron chi connectivity index (χ3n) is 7.35. The van der Waals surface area contributed by atoms with E-state index in [1.807, 2.05) is 0 Å². The first-order valence-electron chi connectivity index (χ1n) is 13.2. The zero-order chi connectivity index (χ0) is 32.0. The van der Waals surface area contributed by atoms with Crippen molar-refractivity contribution >= 4 is 11.0 Å². The highest BCUT2D eigenvalue weighted by molar-refractivity contribution is 5.88. The summed E-state index contributed by atoms with van der Waals surface area (Å²) in [6, 6.07) is 5.17. The van der Waals surface area contributed by atoms with Crippen molar-refractivity contribution in [2.24, 2.45) is 0 Å². The molecule has 3 heterocycles. The lowest BCUT2D eigenvalue weighted by molar-refractivity contribution is -0.352. The van der Waals surface area contributed by atoms with Crippen LogP contribution in [0.5, 0.6) is 28.7 Å². The van der Waals surface area contributed by atoms with Crippen LogP contribution in [0.4, 0.5) is 0 Å². The molecule has 2 saturated heterocycles. The second-order valence-corrected chi connectivity index (χ2v) is 10.3. The van der Waals surface area contributed by atoms with Crippen molar-refractivity contribution in [2.75, 3.05) is 13.2 Å². The first-order valence-corrected chi connectivity index (χ1v) is 13.2. The molecule has 44 heavy (non-hydrogen) atoms. The molecular formula is C27H30O17. The summed E-state index contributed by atoms with van der Waals surface area (Å²) >= 11 is 0. The fraction of sp³-hybridized carbons (Fsp3) is 0.444. The van der Waals surface area contributed by atoms with Gasteiger partial charge in [0, 0.05) is 17.7 Å². The summed E-state index contributed by atoms with van der Waals surface area (Å²) in [7, 11) is 0. The van der Waals surface area contributed by atoms with Crippen molar-refractivity contribution < 1.29 is 79.5 Å². The zero-order valence-electron chi connectivity index (χ0n) is 22.4. The van der Waals surface area contributed by atoms with Gasteiger partial charge in [-0.05, 0) is 18.2 Å². The highest BCUT2D eigenvalue weighted by Crippen LogP contribution is 2.39. The highest BCUT2D eigenvalue weighted by atomic mass is 16.7. The van der Waals surface area contributed by atoms with Crippen LogP contribution in [0.15, 0.2) is 39.5 Å². The van der Waals surface area contributed by atoms with Gasteiger partial charge in [0.1, 0.15) is 71.3 Å². The van der Waals surface area contributed by atoms with E-state index >= 15 is 0 Å². The molecule has 2 aliphatic heterocycles. The van der Waals surface area contributed by atoms with Crippen LogP contribution >= 0.6 is 0 Å². The fourth-order valence-corrected chi connectivity index (χ4v) is 5.00. The van der Waals surface area contributed by atoms with E-state index in [1.54, 1.807) is 0 Å². The SMILES string of the molecule is O=c1c(O[C@H]2O[C@@H](CO)[C@H](O[C@H]3O[C@@H](CO)[C@H](O)[C@@H](O)[C@@H]3O)[C@@H](O)[C@@H]2O)c(-c2ccc(O)c(O)c2)oc2cc(O)cc(O)c12. The van der Waals surface area contributed by atoms with Crippen LogP contribution in [-0.2, 0) is 14.2 Å². The Hall–Kier alpha value is -3.75. The molecule has 17 heteroatoms. The minimum absolute atomic E-state index is 0.0504. The van der Waals surface area contributed by atoms with Crippen LogP contribution in [0.25, 0.3) is 22.3 Å². The van der Waals surface area contributed by atoms with Crippen molar-refractivity contribution in [1.29, 1.82) is 0 Å². The second kappa shape index (κ2) is 12.3. The molecule has 2 aromatic carbocycles. The molecule has 0 amide bonds. The number of aromatic hydroxyl groups is 4. The number of benzene rings is 2. The predicted molar refractivity (Wildman–Crippen MR) is 142 cm³/mol. The van der Waals surface area contributed by atoms with E-state index in [2.05, 4.69) is 0 Å². The van der Waals surface area contributed by atoms with E-state index in [4.69, 9.17) is 23.4 Å². The number of hydrogen-bond donors (Lipinski definition) is 11. The highest BCUT2D eigenvalue weighted by Gasteiger charge is 2.51. The van der Waals surface area contributed by atoms with Crippen LogP contribution < -0.4 is 10.2 Å². The molecule has 10 atom stereocenters. The first-order chi connectivity index (χ1) is 20.9. The van der Waals surface area contributed by atoms with Crippen LogP contribution in [0, 0.1) is 0 Å². The topological polar surface area (TPSA) is 290 Å². The number of hydrogen-bond acceptors (Lipinski definition) is 17. The van der Waals surface area contributed by atoms with Gasteiger partial charge in [0.25, 0.3) is 0 Å². The van der Waals surface area contributed by atoms with E-state index in [0.29, 0.717) is 0 Å². The summed E-state index contributed by atoms with van der Waals surface area (Å²) < 4.78 is 27.8. The van der Waals surface area contributed by atoms with E-state index in [0.717, 1.165) is 24.3 Å². The lowest BCUT2D eigenvalue weighted by Crippen LogP contribution is -2.65. The number of ether oxygens (including phenoxy) is 4. The van der Waals surface area contributed by atoms with Gasteiger partial charge in [-0.3, -0.25) is 4.79 Å². The molecule has 1 aromatic heterocycles. The quantitative estimate of drug-likeness (QED) is 0.119. The van der Waals surface area contributed by atoms with E-state index in [-0.39, 0.29) is 11.1 Å². The monoisotopic (exact) mass is 626 g/mol. The Morgan fingerprint density at radius 2 is 1.36 bits per heavy atom. The van der Waals surface area contributed by atoms with Gasteiger partial charge in [0.15, 0.2) is 23.5 Å². The average Bonchev–Trinajstić information content (AvgIpc) is 2.98. The van der Waals surface area contributed by atoms with E-state index < -0.39 is 120 Å². The standard InChI is InChI=1S/C27H30O17/c28-6-14-17(34)19(36)21(38)26(41-14)43-24-15(7-29)42-27(22(39)20(24)37)44-25-18(35)16-12(33)4-9(30)5-13(16)40-23(25)8-1-2-10(31)11(32)3-8/h1-5,14-15,17,19-22,24,26-34,36-39H,6-7H2/t14-,15-,17-,19+,20-,21-,22-,24-,26+,27+/m0/s1. The molecule has 0 spiro atoms. The molecule has 0 saturated carbocycles. The summed E-state index contributed by atoms with van der Waals surface area (Å²) in [5.74, 6) is -3.44. The molecule has 240 valence electrons.